The van der Waals surface area contributed by atoms with Crippen LogP contribution >= 0.6 is 0 Å². The Kier molecular flexibility index (Phi) is 6.64. The molecule has 1 unspecified atom stereocenters. The number of nitrogens with one attached hydrogen (secondary N) is 3. The van der Waals surface area contributed by atoms with Crippen molar-refractivity contribution in [2.24, 2.45) is 4.99 Å². The van der Waals surface area contributed by atoms with E-state index in [9.17, 15) is 9.18 Å². The van der Waals surface area contributed by atoms with Crippen molar-refractivity contribution in [1.82, 2.24) is 4.90 Å². The molecule has 2 aromatic carbocycles. The zero-order chi connectivity index (χ0) is 27.0. The molecule has 3 heterocycles. The fraction of sp³-hybridized carbons (Fsp3) is 0.258. The second-order valence-corrected chi connectivity index (χ2v) is 10.3. The first kappa shape index (κ1) is 25.2. The highest BCUT2D eigenvalue weighted by atomic mass is 19.1. The van der Waals surface area contributed by atoms with Crippen LogP contribution in [0.1, 0.15) is 18.4 Å². The van der Waals surface area contributed by atoms with Gasteiger partial charge in [0.15, 0.2) is 5.66 Å². The first-order valence-corrected chi connectivity index (χ1v) is 13.2. The average molecular weight is 527 g/mol. The minimum absolute atomic E-state index is 0.278. The van der Waals surface area contributed by atoms with Crippen molar-refractivity contribution in [2.75, 3.05) is 42.3 Å². The van der Waals surface area contributed by atoms with Crippen molar-refractivity contribution in [3.63, 3.8) is 0 Å². The standard InChI is InChI=1S/C31H30F2N5O/c1-2-29(39)36-24-5-3-4-20(14-24)26-15-27(26)30-21-16-31(17-21,34-18-28(30)33)37-23-8-6-22(7-9-23)35-25-10-12-38(19-25)13-11-32/h2-9,14-16,18,25,35,37H,1,10-13,17,19H2,(H,36,39)/t25-,31?/m0/s1. The molecule has 0 spiro atoms. The zero-order valence-electron chi connectivity index (χ0n) is 21.5. The van der Waals surface area contributed by atoms with Crippen molar-refractivity contribution in [2.45, 2.75) is 24.5 Å². The maximum Gasteiger partial charge on any atom is 0.247 e. The summed E-state index contributed by atoms with van der Waals surface area (Å²) in [6.07, 6.45) is 8.07. The van der Waals surface area contributed by atoms with Gasteiger partial charge in [-0.1, -0.05) is 24.8 Å². The molecule has 0 saturated carbocycles. The van der Waals surface area contributed by atoms with Gasteiger partial charge in [-0.05, 0) is 71.7 Å². The maximum absolute atomic E-state index is 15.2. The van der Waals surface area contributed by atoms with Gasteiger partial charge in [-0.3, -0.25) is 14.7 Å². The first-order chi connectivity index (χ1) is 18.9. The molecule has 2 bridgehead atoms. The van der Waals surface area contributed by atoms with Gasteiger partial charge in [0.05, 0.1) is 12.1 Å². The van der Waals surface area contributed by atoms with Crippen LogP contribution in [0.15, 0.2) is 101 Å². The van der Waals surface area contributed by atoms with Crippen LogP contribution < -0.4 is 16.0 Å². The fourth-order valence-corrected chi connectivity index (χ4v) is 5.52. The predicted molar refractivity (Wildman–Crippen MR) is 152 cm³/mol. The Balaban J connectivity index is 1.09. The number of anilines is 3. The number of halogens is 2. The van der Waals surface area contributed by atoms with Crippen LogP contribution in [-0.4, -0.2) is 55.0 Å². The van der Waals surface area contributed by atoms with Gasteiger partial charge in [0, 0.05) is 54.7 Å². The van der Waals surface area contributed by atoms with E-state index in [1.54, 1.807) is 6.07 Å². The first-order valence-electron chi connectivity index (χ1n) is 13.2. The number of benzene rings is 2. The molecule has 2 aromatic rings. The van der Waals surface area contributed by atoms with E-state index >= 15 is 4.39 Å². The molecule has 199 valence electrons. The summed E-state index contributed by atoms with van der Waals surface area (Å²) in [6, 6.07) is 15.8. The molecule has 8 heteroatoms. The van der Waals surface area contributed by atoms with E-state index < -0.39 is 5.66 Å². The Morgan fingerprint density at radius 1 is 1.18 bits per heavy atom. The molecule has 7 rings (SSSR count). The van der Waals surface area contributed by atoms with Crippen LogP contribution in [0.25, 0.3) is 0 Å². The van der Waals surface area contributed by atoms with Gasteiger partial charge >= 0.3 is 0 Å². The van der Waals surface area contributed by atoms with Crippen LogP contribution in [0.5, 0.6) is 0 Å². The highest BCUT2D eigenvalue weighted by molar-refractivity contribution is 5.99. The molecule has 5 aliphatic rings. The summed E-state index contributed by atoms with van der Waals surface area (Å²) >= 11 is 0. The molecular weight excluding hydrogens is 496 g/mol. The number of amides is 1. The summed E-state index contributed by atoms with van der Waals surface area (Å²) in [5, 5.41) is 9.75. The number of hydrogen-bond donors (Lipinski definition) is 3. The highest BCUT2D eigenvalue weighted by Crippen LogP contribution is 2.52. The van der Waals surface area contributed by atoms with Crippen LogP contribution in [0.3, 0.4) is 0 Å². The number of rotatable bonds is 10. The van der Waals surface area contributed by atoms with Gasteiger partial charge in [-0.15, -0.1) is 0 Å². The lowest BCUT2D eigenvalue weighted by Crippen LogP contribution is -2.40. The Bertz CT molecular complexity index is 1430. The number of carbonyl (C=O) groups excluding carboxylic acids is 1. The van der Waals surface area contributed by atoms with Crippen molar-refractivity contribution < 1.29 is 13.6 Å². The lowest BCUT2D eigenvalue weighted by atomic mass is 9.80. The average Bonchev–Trinajstić information content (AvgIpc) is 3.63. The lowest BCUT2D eigenvalue weighted by Gasteiger charge is -2.37. The quantitative estimate of drug-likeness (QED) is 0.354. The Labute approximate surface area is 226 Å². The van der Waals surface area contributed by atoms with Crippen molar-refractivity contribution >= 4 is 29.2 Å². The van der Waals surface area contributed by atoms with Gasteiger partial charge < -0.3 is 16.0 Å². The van der Waals surface area contributed by atoms with Crippen LogP contribution in [-0.2, 0) is 4.79 Å². The van der Waals surface area contributed by atoms with Gasteiger partial charge in [-0.25, -0.2) is 8.78 Å². The van der Waals surface area contributed by atoms with Gasteiger partial charge in [0.25, 0.3) is 0 Å². The SMILES string of the molecule is C=CC(=O)Nc1cccc([C]2C=C2C2=C(F)C=NC3(Nc4ccc(N[C@H]5CCN(CCF)C5)cc4)C=C2C3)c1. The second-order valence-electron chi connectivity index (χ2n) is 10.3. The summed E-state index contributed by atoms with van der Waals surface area (Å²) in [5.74, 6) is 0.326. The van der Waals surface area contributed by atoms with Crippen molar-refractivity contribution in [3.8, 4) is 0 Å². The normalized spacial score (nSPS) is 23.9. The van der Waals surface area contributed by atoms with Crippen LogP contribution in [0.2, 0.25) is 0 Å². The molecule has 39 heavy (non-hydrogen) atoms. The topological polar surface area (TPSA) is 68.8 Å². The molecule has 3 aliphatic heterocycles. The number of nitrogens with zero attached hydrogens (tertiary/aromatic N) is 2. The summed E-state index contributed by atoms with van der Waals surface area (Å²) in [5.41, 5.74) is 5.20. The molecule has 1 fully saturated rings. The van der Waals surface area contributed by atoms with Gasteiger partial charge in [0.1, 0.15) is 12.5 Å². The Morgan fingerprint density at radius 2 is 1.97 bits per heavy atom. The summed E-state index contributed by atoms with van der Waals surface area (Å²) < 4.78 is 27.8. The summed E-state index contributed by atoms with van der Waals surface area (Å²) in [7, 11) is 0. The number of alkyl halides is 1. The largest absolute Gasteiger partial charge is 0.381 e. The summed E-state index contributed by atoms with van der Waals surface area (Å²) in [6.45, 7) is 5.43. The smallest absolute Gasteiger partial charge is 0.247 e. The monoisotopic (exact) mass is 526 g/mol. The van der Waals surface area contributed by atoms with Crippen LogP contribution in [0, 0.1) is 5.92 Å². The Morgan fingerprint density at radius 3 is 2.74 bits per heavy atom. The van der Waals surface area contributed by atoms with E-state index in [0.29, 0.717) is 30.3 Å². The van der Waals surface area contributed by atoms with E-state index in [-0.39, 0.29) is 18.4 Å². The van der Waals surface area contributed by atoms with E-state index in [1.807, 2.05) is 54.6 Å². The maximum atomic E-state index is 15.2. The minimum atomic E-state index is -0.674. The van der Waals surface area contributed by atoms with E-state index in [4.69, 9.17) is 0 Å². The molecule has 1 saturated heterocycles. The number of aliphatic imine (C=N–C) groups is 1. The molecule has 6 nitrogen and oxygen atoms in total. The molecular formula is C31H30F2N5O. The Hall–Kier alpha value is -4.04. The molecule has 2 aliphatic carbocycles. The van der Waals surface area contributed by atoms with Crippen LogP contribution in [0.4, 0.5) is 25.8 Å². The predicted octanol–water partition coefficient (Wildman–Crippen LogP) is 5.58. The van der Waals surface area contributed by atoms with Gasteiger partial charge in [0.2, 0.25) is 5.91 Å². The minimum Gasteiger partial charge on any atom is -0.381 e. The zero-order valence-corrected chi connectivity index (χ0v) is 21.5. The number of fused-ring (bicyclic) bond motifs is 1. The second kappa shape index (κ2) is 10.3. The van der Waals surface area contributed by atoms with E-state index in [2.05, 4.69) is 32.4 Å². The fourth-order valence-electron chi connectivity index (χ4n) is 5.52. The van der Waals surface area contributed by atoms with Gasteiger partial charge in [-0.2, -0.15) is 0 Å². The molecule has 3 N–H and O–H groups in total. The van der Waals surface area contributed by atoms with E-state index in [0.717, 1.165) is 53.5 Å². The third kappa shape index (κ3) is 5.29. The molecule has 2 atom stereocenters. The number of likely N-dealkylation sites (tertiary alicyclic amines) is 1. The van der Waals surface area contributed by atoms with Crippen molar-refractivity contribution in [3.05, 3.63) is 107 Å². The molecule has 0 aromatic heterocycles. The highest BCUT2D eigenvalue weighted by Gasteiger charge is 2.44. The van der Waals surface area contributed by atoms with E-state index in [1.165, 1.54) is 12.3 Å². The molecule has 1 radical (unpaired) electrons. The number of allylic oxidation sites excluding steroid dienone is 4. The molecule has 1 amide bonds. The lowest BCUT2D eigenvalue weighted by molar-refractivity contribution is -0.111. The third-order valence-electron chi connectivity index (χ3n) is 7.52. The summed E-state index contributed by atoms with van der Waals surface area (Å²) in [4.78, 5) is 18.3. The third-order valence-corrected chi connectivity index (χ3v) is 7.52. The number of hydrogen-bond acceptors (Lipinski definition) is 5. The number of carbonyl (C=O) groups is 1. The van der Waals surface area contributed by atoms with Crippen molar-refractivity contribution in [1.29, 1.82) is 0 Å².